The molecule has 0 aliphatic rings. The largest absolute Gasteiger partial charge is 0.493 e. The van der Waals surface area contributed by atoms with Gasteiger partial charge in [0, 0.05) is 32.6 Å². The lowest BCUT2D eigenvalue weighted by Gasteiger charge is -2.19. The van der Waals surface area contributed by atoms with Crippen molar-refractivity contribution in [1.82, 2.24) is 15.5 Å². The van der Waals surface area contributed by atoms with Gasteiger partial charge in [0.15, 0.2) is 17.5 Å². The smallest absolute Gasteiger partial charge is 0.191 e. The highest BCUT2D eigenvalue weighted by Gasteiger charge is 2.11. The van der Waals surface area contributed by atoms with Crippen molar-refractivity contribution in [2.75, 3.05) is 53.6 Å². The van der Waals surface area contributed by atoms with Crippen molar-refractivity contribution in [3.05, 3.63) is 59.7 Å². The summed E-state index contributed by atoms with van der Waals surface area (Å²) in [4.78, 5) is 6.61. The molecule has 0 aromatic heterocycles. The molecule has 3 N–H and O–H groups in total. The zero-order chi connectivity index (χ0) is 23.2. The number of hydrogen-bond acceptors (Lipinski definition) is 5. The maximum atomic E-state index is 9.75. The van der Waals surface area contributed by atoms with Crippen molar-refractivity contribution in [2.24, 2.45) is 4.99 Å². The van der Waals surface area contributed by atoms with E-state index in [1.165, 1.54) is 0 Å². The van der Waals surface area contributed by atoms with Crippen LogP contribution < -0.4 is 20.1 Å². The topological polar surface area (TPSA) is 78.4 Å². The number of likely N-dealkylation sites (N-methyl/N-ethyl adjacent to an activating group) is 1. The summed E-state index contributed by atoms with van der Waals surface area (Å²) in [5.74, 6) is 2.15. The molecule has 0 heterocycles. The van der Waals surface area contributed by atoms with E-state index in [0.29, 0.717) is 25.7 Å². The van der Waals surface area contributed by atoms with Gasteiger partial charge in [-0.3, -0.25) is 4.99 Å². The molecule has 2 rings (SSSR count). The lowest BCUT2D eigenvalue weighted by molar-refractivity contribution is 0.217. The molecule has 7 heteroatoms. The van der Waals surface area contributed by atoms with E-state index in [2.05, 4.69) is 34.4 Å². The summed E-state index contributed by atoms with van der Waals surface area (Å²) in [7, 11) is 3.39. The molecule has 0 aliphatic heterocycles. The highest BCUT2D eigenvalue weighted by atomic mass is 16.5. The molecule has 176 valence electrons. The Balaban J connectivity index is 1.88. The molecular formula is C25H38N4O3. The second-order valence-corrected chi connectivity index (χ2v) is 7.46. The van der Waals surface area contributed by atoms with Gasteiger partial charge in [0.2, 0.25) is 0 Å². The van der Waals surface area contributed by atoms with Crippen LogP contribution in [0.3, 0.4) is 0 Å². The second-order valence-electron chi connectivity index (χ2n) is 7.46. The molecule has 0 bridgehead atoms. The lowest BCUT2D eigenvalue weighted by Crippen LogP contribution is -2.39. The summed E-state index contributed by atoms with van der Waals surface area (Å²) in [6.45, 7) is 9.09. The van der Waals surface area contributed by atoms with Gasteiger partial charge in [-0.25, -0.2) is 0 Å². The van der Waals surface area contributed by atoms with Gasteiger partial charge in [-0.2, -0.15) is 0 Å². The number of aliphatic hydroxyl groups excluding tert-OH is 1. The second kappa shape index (κ2) is 14.3. The van der Waals surface area contributed by atoms with Crippen molar-refractivity contribution in [3.8, 4) is 11.5 Å². The maximum absolute atomic E-state index is 9.75. The van der Waals surface area contributed by atoms with Crippen LogP contribution in [0.1, 0.15) is 30.9 Å². The van der Waals surface area contributed by atoms with E-state index in [1.54, 1.807) is 14.2 Å². The summed E-state index contributed by atoms with van der Waals surface area (Å²) in [5, 5.41) is 16.4. The number of aliphatic hydroxyl groups is 1. The Kier molecular flexibility index (Phi) is 11.4. The molecule has 1 unspecified atom stereocenters. The van der Waals surface area contributed by atoms with E-state index in [0.717, 1.165) is 42.3 Å². The quantitative estimate of drug-likeness (QED) is 0.327. The molecular weight excluding hydrogens is 404 g/mol. The van der Waals surface area contributed by atoms with E-state index >= 15 is 0 Å². The van der Waals surface area contributed by atoms with E-state index in [4.69, 9.17) is 9.47 Å². The van der Waals surface area contributed by atoms with Gasteiger partial charge in [-0.05, 0) is 36.3 Å². The van der Waals surface area contributed by atoms with Crippen molar-refractivity contribution < 1.29 is 14.6 Å². The highest BCUT2D eigenvalue weighted by molar-refractivity contribution is 5.79. The van der Waals surface area contributed by atoms with Gasteiger partial charge in [-0.15, -0.1) is 0 Å². The molecule has 7 nitrogen and oxygen atoms in total. The predicted octanol–water partition coefficient (Wildman–Crippen LogP) is 2.86. The first-order valence-electron chi connectivity index (χ1n) is 11.3. The zero-order valence-corrected chi connectivity index (χ0v) is 19.8. The minimum Gasteiger partial charge on any atom is -0.493 e. The molecule has 0 fully saturated rings. The van der Waals surface area contributed by atoms with Gasteiger partial charge in [-0.1, -0.05) is 50.2 Å². The van der Waals surface area contributed by atoms with Crippen LogP contribution >= 0.6 is 0 Å². The van der Waals surface area contributed by atoms with E-state index in [9.17, 15) is 5.11 Å². The Bertz CT molecular complexity index is 810. The fourth-order valence-electron chi connectivity index (χ4n) is 3.41. The highest BCUT2D eigenvalue weighted by Crippen LogP contribution is 2.28. The van der Waals surface area contributed by atoms with Crippen molar-refractivity contribution in [2.45, 2.75) is 26.3 Å². The molecule has 2 aromatic rings. The van der Waals surface area contributed by atoms with Gasteiger partial charge in [0.1, 0.15) is 6.61 Å². The van der Waals surface area contributed by atoms with Crippen LogP contribution in [0.15, 0.2) is 53.5 Å². The van der Waals surface area contributed by atoms with Gasteiger partial charge in [0.25, 0.3) is 0 Å². The number of hydrogen-bond donors (Lipinski definition) is 3. The van der Waals surface area contributed by atoms with E-state index in [1.807, 2.05) is 48.5 Å². The monoisotopic (exact) mass is 442 g/mol. The lowest BCUT2D eigenvalue weighted by atomic mass is 10.0. The zero-order valence-electron chi connectivity index (χ0n) is 19.8. The average Bonchev–Trinajstić information content (AvgIpc) is 2.85. The molecule has 32 heavy (non-hydrogen) atoms. The van der Waals surface area contributed by atoms with Crippen molar-refractivity contribution >= 4 is 5.96 Å². The SMILES string of the molecule is CCN(CC)CCOc1ccc(CNC(=NC)NCC(CO)c2ccccc2)cc1OC. The van der Waals surface area contributed by atoms with Crippen LogP contribution in [0.2, 0.25) is 0 Å². The standard InChI is InChI=1S/C25H38N4O3/c1-5-29(6-2)14-15-32-23-13-12-20(16-24(23)31-4)17-27-25(26-3)28-18-22(19-30)21-10-8-7-9-11-21/h7-13,16,22,30H,5-6,14-15,17-19H2,1-4H3,(H2,26,27,28). The summed E-state index contributed by atoms with van der Waals surface area (Å²) < 4.78 is 11.5. The normalized spacial score (nSPS) is 12.5. The molecule has 0 aliphatic carbocycles. The first-order valence-corrected chi connectivity index (χ1v) is 11.3. The maximum Gasteiger partial charge on any atom is 0.191 e. The third-order valence-electron chi connectivity index (χ3n) is 5.48. The van der Waals surface area contributed by atoms with E-state index in [-0.39, 0.29) is 12.5 Å². The average molecular weight is 443 g/mol. The van der Waals surface area contributed by atoms with Gasteiger partial charge < -0.3 is 30.1 Å². The van der Waals surface area contributed by atoms with E-state index < -0.39 is 0 Å². The molecule has 0 amide bonds. The summed E-state index contributed by atoms with van der Waals surface area (Å²) in [6.07, 6.45) is 0. The first-order chi connectivity index (χ1) is 15.6. The van der Waals surface area contributed by atoms with Crippen molar-refractivity contribution in [3.63, 3.8) is 0 Å². The number of nitrogens with zero attached hydrogens (tertiary/aromatic N) is 2. The van der Waals surface area contributed by atoms with Crippen LogP contribution in [0, 0.1) is 0 Å². The van der Waals surface area contributed by atoms with Crippen LogP contribution in [0.4, 0.5) is 0 Å². The Labute approximate surface area is 192 Å². The molecule has 0 spiro atoms. The predicted molar refractivity (Wildman–Crippen MR) is 131 cm³/mol. The Morgan fingerprint density at radius 2 is 1.81 bits per heavy atom. The minimum atomic E-state index is 0.00242. The molecule has 0 saturated carbocycles. The van der Waals surface area contributed by atoms with Gasteiger partial charge in [0.05, 0.1) is 13.7 Å². The summed E-state index contributed by atoms with van der Waals surface area (Å²) in [5.41, 5.74) is 2.15. The summed E-state index contributed by atoms with van der Waals surface area (Å²) in [6, 6.07) is 15.9. The van der Waals surface area contributed by atoms with Crippen LogP contribution in [0.5, 0.6) is 11.5 Å². The van der Waals surface area contributed by atoms with Gasteiger partial charge >= 0.3 is 0 Å². The first kappa shape index (κ1) is 25.5. The number of guanidine groups is 1. The Morgan fingerprint density at radius 3 is 2.44 bits per heavy atom. The molecule has 1 atom stereocenters. The number of benzene rings is 2. The number of rotatable bonds is 13. The third kappa shape index (κ3) is 8.05. The van der Waals surface area contributed by atoms with Crippen LogP contribution in [0.25, 0.3) is 0 Å². The molecule has 0 radical (unpaired) electrons. The summed E-state index contributed by atoms with van der Waals surface area (Å²) >= 11 is 0. The number of nitrogens with one attached hydrogen (secondary N) is 2. The number of ether oxygens (including phenoxy) is 2. The minimum absolute atomic E-state index is 0.00242. The fourth-order valence-corrected chi connectivity index (χ4v) is 3.41. The third-order valence-corrected chi connectivity index (χ3v) is 5.48. The Hall–Kier alpha value is -2.77. The molecule has 2 aromatic carbocycles. The van der Waals surface area contributed by atoms with Crippen LogP contribution in [-0.2, 0) is 6.54 Å². The van der Waals surface area contributed by atoms with Crippen molar-refractivity contribution in [1.29, 1.82) is 0 Å². The number of aliphatic imine (C=N–C) groups is 1. The van der Waals surface area contributed by atoms with Crippen LogP contribution in [-0.4, -0.2) is 69.5 Å². The Morgan fingerprint density at radius 1 is 1.06 bits per heavy atom. The fraction of sp³-hybridized carbons (Fsp3) is 0.480. The molecule has 0 saturated heterocycles. The number of methoxy groups -OCH3 is 1.